The second-order valence-corrected chi connectivity index (χ2v) is 7.29. The highest BCUT2D eigenvalue weighted by Gasteiger charge is 2.17. The van der Waals surface area contributed by atoms with Crippen molar-refractivity contribution in [3.8, 4) is 5.75 Å². The number of rotatable bonds is 10. The lowest BCUT2D eigenvalue weighted by Gasteiger charge is -2.14. The van der Waals surface area contributed by atoms with Crippen LogP contribution < -0.4 is 15.7 Å². The molecule has 1 unspecified atom stereocenters. The van der Waals surface area contributed by atoms with E-state index in [1.807, 2.05) is 13.0 Å². The number of hydrogen-bond donors (Lipinski definition) is 2. The van der Waals surface area contributed by atoms with Crippen molar-refractivity contribution in [2.24, 2.45) is 0 Å². The van der Waals surface area contributed by atoms with Crippen LogP contribution in [0.4, 0.5) is 0 Å². The molecule has 1 amide bonds. The summed E-state index contributed by atoms with van der Waals surface area (Å²) in [4.78, 5) is 35.1. The smallest absolute Gasteiger partial charge is 0.339 e. The largest absolute Gasteiger partial charge is 0.483 e. The van der Waals surface area contributed by atoms with Gasteiger partial charge in [-0.15, -0.1) is 0 Å². The van der Waals surface area contributed by atoms with E-state index in [1.165, 1.54) is 6.92 Å². The number of carbonyl (C=O) groups excluding carboxylic acids is 1. The Morgan fingerprint density at radius 1 is 1.17 bits per heavy atom. The summed E-state index contributed by atoms with van der Waals surface area (Å²) in [5, 5.41) is 12.0. The zero-order chi connectivity index (χ0) is 21.6. The van der Waals surface area contributed by atoms with Crippen LogP contribution in [-0.4, -0.2) is 29.6 Å². The van der Waals surface area contributed by atoms with Crippen molar-refractivity contribution in [2.75, 3.05) is 6.61 Å². The van der Waals surface area contributed by atoms with Crippen LogP contribution in [0.2, 0.25) is 0 Å². The number of carboxylic acids is 1. The Balaban J connectivity index is 2.19. The van der Waals surface area contributed by atoms with E-state index in [-0.39, 0.29) is 12.2 Å². The Bertz CT molecular complexity index is 946. The summed E-state index contributed by atoms with van der Waals surface area (Å²) in [6.45, 7) is 6.88. The number of benzene rings is 1. The molecule has 0 aliphatic rings. The molecular formula is C22H29NO6. The number of amides is 1. The fraction of sp³-hybridized carbons (Fsp3) is 0.500. The maximum Gasteiger partial charge on any atom is 0.339 e. The van der Waals surface area contributed by atoms with Gasteiger partial charge in [0.1, 0.15) is 17.4 Å². The summed E-state index contributed by atoms with van der Waals surface area (Å²) >= 11 is 0. The van der Waals surface area contributed by atoms with Crippen LogP contribution in [0.25, 0.3) is 11.0 Å². The molecule has 0 saturated heterocycles. The van der Waals surface area contributed by atoms with E-state index < -0.39 is 17.9 Å². The highest BCUT2D eigenvalue weighted by Crippen LogP contribution is 2.29. The minimum atomic E-state index is -1.12. The molecule has 1 aromatic carbocycles. The van der Waals surface area contributed by atoms with E-state index in [2.05, 4.69) is 12.2 Å². The molecule has 2 rings (SSSR count). The SMILES string of the molecule is CCCCCCc1c(C)c2ccc(OCC(=O)NC(C)C(=O)O)c(C)c2oc1=O. The van der Waals surface area contributed by atoms with Crippen LogP contribution in [0.5, 0.6) is 5.75 Å². The molecule has 0 fully saturated rings. The van der Waals surface area contributed by atoms with Crippen molar-refractivity contribution < 1.29 is 23.8 Å². The van der Waals surface area contributed by atoms with Gasteiger partial charge in [0.25, 0.3) is 5.91 Å². The number of nitrogens with one attached hydrogen (secondary N) is 1. The van der Waals surface area contributed by atoms with E-state index >= 15 is 0 Å². The number of hydrogen-bond acceptors (Lipinski definition) is 5. The first-order valence-corrected chi connectivity index (χ1v) is 9.97. The van der Waals surface area contributed by atoms with Crippen LogP contribution in [0.15, 0.2) is 21.3 Å². The molecule has 0 aliphatic heterocycles. The van der Waals surface area contributed by atoms with Gasteiger partial charge in [0.2, 0.25) is 0 Å². The quantitative estimate of drug-likeness (QED) is 0.465. The minimum Gasteiger partial charge on any atom is -0.483 e. The fourth-order valence-corrected chi connectivity index (χ4v) is 3.23. The first-order valence-electron chi connectivity index (χ1n) is 9.97. The Labute approximate surface area is 170 Å². The molecule has 1 atom stereocenters. The van der Waals surface area contributed by atoms with Crippen LogP contribution in [0.3, 0.4) is 0 Å². The van der Waals surface area contributed by atoms with Gasteiger partial charge in [0, 0.05) is 16.5 Å². The predicted octanol–water partition coefficient (Wildman–Crippen LogP) is 3.50. The lowest BCUT2D eigenvalue weighted by Crippen LogP contribution is -2.40. The number of carboxylic acid groups (broad SMARTS) is 1. The van der Waals surface area contributed by atoms with E-state index in [0.29, 0.717) is 28.9 Å². The average Bonchev–Trinajstić information content (AvgIpc) is 2.67. The summed E-state index contributed by atoms with van der Waals surface area (Å²) in [5.41, 5.74) is 2.36. The summed E-state index contributed by atoms with van der Waals surface area (Å²) in [6.07, 6.45) is 5.03. The first kappa shape index (κ1) is 22.5. The normalized spacial score (nSPS) is 12.0. The molecule has 1 aromatic heterocycles. The number of aliphatic carboxylic acids is 1. The van der Waals surface area contributed by atoms with Gasteiger partial charge in [-0.2, -0.15) is 0 Å². The second-order valence-electron chi connectivity index (χ2n) is 7.29. The maximum atomic E-state index is 12.5. The molecule has 0 saturated carbocycles. The lowest BCUT2D eigenvalue weighted by molar-refractivity contribution is -0.141. The molecule has 0 aliphatic carbocycles. The third kappa shape index (κ3) is 5.59. The van der Waals surface area contributed by atoms with Gasteiger partial charge in [-0.1, -0.05) is 26.2 Å². The van der Waals surface area contributed by atoms with Gasteiger partial charge < -0.3 is 19.6 Å². The zero-order valence-electron chi connectivity index (χ0n) is 17.5. The van der Waals surface area contributed by atoms with Crippen LogP contribution in [0, 0.1) is 13.8 Å². The third-order valence-electron chi connectivity index (χ3n) is 5.04. The topological polar surface area (TPSA) is 106 Å². The van der Waals surface area contributed by atoms with E-state index in [0.717, 1.165) is 36.6 Å². The van der Waals surface area contributed by atoms with E-state index in [9.17, 15) is 14.4 Å². The number of aryl methyl sites for hydroxylation is 2. The molecule has 29 heavy (non-hydrogen) atoms. The van der Waals surface area contributed by atoms with Gasteiger partial charge >= 0.3 is 11.6 Å². The molecule has 0 bridgehead atoms. The highest BCUT2D eigenvalue weighted by molar-refractivity contribution is 5.86. The Morgan fingerprint density at radius 3 is 2.55 bits per heavy atom. The molecule has 0 radical (unpaired) electrons. The van der Waals surface area contributed by atoms with Gasteiger partial charge in [-0.25, -0.2) is 4.79 Å². The second kappa shape index (κ2) is 10.1. The molecule has 158 valence electrons. The molecular weight excluding hydrogens is 374 g/mol. The van der Waals surface area contributed by atoms with E-state index in [4.69, 9.17) is 14.3 Å². The van der Waals surface area contributed by atoms with Crippen molar-refractivity contribution in [3.05, 3.63) is 39.2 Å². The van der Waals surface area contributed by atoms with Crippen LogP contribution in [-0.2, 0) is 16.0 Å². The Hall–Kier alpha value is -2.83. The molecule has 2 aromatic rings. The standard InChI is InChI=1S/C22H29NO6/c1-5-6-7-8-9-17-13(2)16-10-11-18(14(3)20(16)29-22(17)27)28-12-19(24)23-15(4)21(25)26/h10-11,15H,5-9,12H2,1-4H3,(H,23,24)(H,25,26). The fourth-order valence-electron chi connectivity index (χ4n) is 3.23. The number of carbonyl (C=O) groups is 2. The van der Waals surface area contributed by atoms with Gasteiger partial charge in [0.05, 0.1) is 0 Å². The number of fused-ring (bicyclic) bond motifs is 1. The lowest BCUT2D eigenvalue weighted by atomic mass is 9.99. The number of ether oxygens (including phenoxy) is 1. The Morgan fingerprint density at radius 2 is 1.90 bits per heavy atom. The van der Waals surface area contributed by atoms with Crippen LogP contribution >= 0.6 is 0 Å². The van der Waals surface area contributed by atoms with Gasteiger partial charge in [-0.05, 0) is 51.3 Å². The van der Waals surface area contributed by atoms with E-state index in [1.54, 1.807) is 13.0 Å². The first-order chi connectivity index (χ1) is 13.8. The van der Waals surface area contributed by atoms with Gasteiger partial charge in [-0.3, -0.25) is 9.59 Å². The van der Waals surface area contributed by atoms with Crippen molar-refractivity contribution in [2.45, 2.75) is 65.8 Å². The summed E-state index contributed by atoms with van der Waals surface area (Å²) in [6, 6.07) is 2.56. The predicted molar refractivity (Wildman–Crippen MR) is 111 cm³/mol. The van der Waals surface area contributed by atoms with Crippen LogP contribution in [0.1, 0.15) is 56.2 Å². The monoisotopic (exact) mass is 403 g/mol. The highest BCUT2D eigenvalue weighted by atomic mass is 16.5. The minimum absolute atomic E-state index is 0.331. The molecule has 2 N–H and O–H groups in total. The van der Waals surface area contributed by atoms with Gasteiger partial charge in [0.15, 0.2) is 6.61 Å². The molecule has 7 heteroatoms. The average molecular weight is 403 g/mol. The summed E-state index contributed by atoms with van der Waals surface area (Å²) in [5.74, 6) is -1.25. The van der Waals surface area contributed by atoms with Crippen molar-refractivity contribution in [3.63, 3.8) is 0 Å². The molecule has 0 spiro atoms. The van der Waals surface area contributed by atoms with Crippen molar-refractivity contribution in [1.29, 1.82) is 0 Å². The third-order valence-corrected chi connectivity index (χ3v) is 5.04. The molecule has 1 heterocycles. The Kier molecular flexibility index (Phi) is 7.82. The molecule has 7 nitrogen and oxygen atoms in total. The maximum absolute atomic E-state index is 12.5. The summed E-state index contributed by atoms with van der Waals surface area (Å²) < 4.78 is 11.1. The van der Waals surface area contributed by atoms with Crippen molar-refractivity contribution in [1.82, 2.24) is 5.32 Å². The zero-order valence-corrected chi connectivity index (χ0v) is 17.5. The van der Waals surface area contributed by atoms with Crippen molar-refractivity contribution >= 4 is 22.8 Å². The summed E-state index contributed by atoms with van der Waals surface area (Å²) in [7, 11) is 0. The number of unbranched alkanes of at least 4 members (excludes halogenated alkanes) is 3.